The topological polar surface area (TPSA) is 83.3 Å². The van der Waals surface area contributed by atoms with Crippen LogP contribution in [0.5, 0.6) is 17.2 Å². The molecule has 0 aromatic heterocycles. The lowest BCUT2D eigenvalue weighted by Crippen LogP contribution is -2.16. The van der Waals surface area contributed by atoms with Crippen LogP contribution in [-0.2, 0) is 11.3 Å². The van der Waals surface area contributed by atoms with Crippen LogP contribution in [-0.4, -0.2) is 32.3 Å². The Morgan fingerprint density at radius 1 is 1.27 bits per heavy atom. The first-order valence-electron chi connectivity index (χ1n) is 8.12. The molecule has 1 atom stereocenters. The van der Waals surface area contributed by atoms with E-state index in [0.29, 0.717) is 41.9 Å². The second kappa shape index (κ2) is 7.85. The minimum atomic E-state index is -0.608. The normalized spacial score (nSPS) is 15.4. The van der Waals surface area contributed by atoms with Gasteiger partial charge in [-0.15, -0.1) is 0 Å². The average molecular weight is 378 g/mol. The molecule has 0 saturated carbocycles. The third-order valence-electron chi connectivity index (χ3n) is 4.04. The van der Waals surface area contributed by atoms with Gasteiger partial charge in [-0.2, -0.15) is 0 Å². The lowest BCUT2D eigenvalue weighted by molar-refractivity contribution is 0.0995. The van der Waals surface area contributed by atoms with Gasteiger partial charge in [0.1, 0.15) is 36.6 Å². The zero-order chi connectivity index (χ0) is 18.7. The summed E-state index contributed by atoms with van der Waals surface area (Å²) in [6, 6.07) is 8.99. The first-order valence-corrected chi connectivity index (χ1v) is 8.50. The maximum atomic E-state index is 11.7. The second-order valence-electron chi connectivity index (χ2n) is 5.96. The van der Waals surface area contributed by atoms with Crippen LogP contribution < -0.4 is 19.9 Å². The molecule has 7 heteroatoms. The number of amides is 1. The summed E-state index contributed by atoms with van der Waals surface area (Å²) in [5.74, 6) is 0.997. The molecule has 0 spiro atoms. The van der Waals surface area contributed by atoms with E-state index in [-0.39, 0.29) is 11.7 Å². The van der Waals surface area contributed by atoms with Crippen LogP contribution in [0.3, 0.4) is 0 Å². The molecule has 1 aliphatic rings. The van der Waals surface area contributed by atoms with E-state index in [1.54, 1.807) is 14.0 Å². The van der Waals surface area contributed by atoms with Crippen LogP contribution >= 0.6 is 11.6 Å². The smallest absolute Gasteiger partial charge is 0.252 e. The molecule has 2 aromatic carbocycles. The maximum Gasteiger partial charge on any atom is 0.252 e. The molecule has 0 aliphatic carbocycles. The number of ether oxygens (including phenoxy) is 4. The first kappa shape index (κ1) is 18.4. The molecule has 0 radical (unpaired) electrons. The maximum absolute atomic E-state index is 11.7. The average Bonchev–Trinajstić information content (AvgIpc) is 3.45. The Morgan fingerprint density at radius 2 is 1.96 bits per heavy atom. The summed E-state index contributed by atoms with van der Waals surface area (Å²) in [4.78, 5) is 11.7. The van der Waals surface area contributed by atoms with Gasteiger partial charge in [-0.25, -0.2) is 0 Å². The van der Waals surface area contributed by atoms with E-state index in [4.69, 9.17) is 36.3 Å². The molecular weight excluding hydrogens is 358 g/mol. The number of halogens is 1. The fourth-order valence-electron chi connectivity index (χ4n) is 2.51. The highest BCUT2D eigenvalue weighted by Gasteiger charge is 2.26. The SMILES string of the molecule is COc1ccc(COc2c(Cl)cc(C(N)=O)c(OC[C@@H]3CO3)c2C)cc1. The summed E-state index contributed by atoms with van der Waals surface area (Å²) in [5, 5.41) is 0.305. The van der Waals surface area contributed by atoms with Crippen molar-refractivity contribution >= 4 is 17.5 Å². The van der Waals surface area contributed by atoms with E-state index in [1.807, 2.05) is 24.3 Å². The highest BCUT2D eigenvalue weighted by molar-refractivity contribution is 6.32. The van der Waals surface area contributed by atoms with Crippen molar-refractivity contribution < 1.29 is 23.7 Å². The van der Waals surface area contributed by atoms with Gasteiger partial charge in [0.2, 0.25) is 0 Å². The fourth-order valence-corrected chi connectivity index (χ4v) is 2.81. The van der Waals surface area contributed by atoms with Gasteiger partial charge in [0, 0.05) is 5.56 Å². The van der Waals surface area contributed by atoms with Gasteiger partial charge >= 0.3 is 0 Å². The number of benzene rings is 2. The number of rotatable bonds is 8. The van der Waals surface area contributed by atoms with Crippen LogP contribution in [0.15, 0.2) is 30.3 Å². The highest BCUT2D eigenvalue weighted by atomic mass is 35.5. The summed E-state index contributed by atoms with van der Waals surface area (Å²) < 4.78 is 21.9. The number of hydrogen-bond acceptors (Lipinski definition) is 5. The third-order valence-corrected chi connectivity index (χ3v) is 4.32. The van der Waals surface area contributed by atoms with Gasteiger partial charge in [-0.1, -0.05) is 23.7 Å². The molecule has 1 fully saturated rings. The molecule has 6 nitrogen and oxygen atoms in total. The van der Waals surface area contributed by atoms with Crippen molar-refractivity contribution in [1.29, 1.82) is 0 Å². The number of carbonyl (C=O) groups is 1. The van der Waals surface area contributed by atoms with Crippen molar-refractivity contribution in [2.45, 2.75) is 19.6 Å². The minimum absolute atomic E-state index is 0.0504. The van der Waals surface area contributed by atoms with Crippen molar-refractivity contribution in [2.24, 2.45) is 5.73 Å². The predicted molar refractivity (Wildman–Crippen MR) is 97.3 cm³/mol. The number of hydrogen-bond donors (Lipinski definition) is 1. The number of carbonyl (C=O) groups excluding carboxylic acids is 1. The van der Waals surface area contributed by atoms with Crippen LogP contribution in [0, 0.1) is 6.92 Å². The molecule has 1 saturated heterocycles. The molecule has 1 heterocycles. The second-order valence-corrected chi connectivity index (χ2v) is 6.36. The Balaban J connectivity index is 1.82. The predicted octanol–water partition coefficient (Wildman–Crippen LogP) is 3.11. The summed E-state index contributed by atoms with van der Waals surface area (Å²) in [5.41, 5.74) is 7.26. The third kappa shape index (κ3) is 4.20. The first-order chi connectivity index (χ1) is 12.5. The van der Waals surface area contributed by atoms with Crippen LogP contribution in [0.2, 0.25) is 5.02 Å². The molecule has 1 aliphatic heterocycles. The number of primary amides is 1. The number of methoxy groups -OCH3 is 1. The van der Waals surface area contributed by atoms with Crippen molar-refractivity contribution in [3.8, 4) is 17.2 Å². The molecule has 0 unspecified atom stereocenters. The quantitative estimate of drug-likeness (QED) is 0.714. The monoisotopic (exact) mass is 377 g/mol. The van der Waals surface area contributed by atoms with E-state index in [9.17, 15) is 4.79 Å². The van der Waals surface area contributed by atoms with Gasteiger partial charge in [-0.05, 0) is 30.7 Å². The molecule has 26 heavy (non-hydrogen) atoms. The van der Waals surface area contributed by atoms with E-state index >= 15 is 0 Å². The molecule has 1 amide bonds. The zero-order valence-corrected chi connectivity index (χ0v) is 15.3. The lowest BCUT2D eigenvalue weighted by Gasteiger charge is -2.17. The number of epoxide rings is 1. The molecule has 0 bridgehead atoms. The van der Waals surface area contributed by atoms with Gasteiger partial charge in [0.05, 0.1) is 24.3 Å². The molecule has 2 N–H and O–H groups in total. The van der Waals surface area contributed by atoms with Gasteiger partial charge in [-0.3, -0.25) is 4.79 Å². The van der Waals surface area contributed by atoms with E-state index in [2.05, 4.69) is 0 Å². The van der Waals surface area contributed by atoms with Gasteiger partial charge in [0.25, 0.3) is 5.91 Å². The highest BCUT2D eigenvalue weighted by Crippen LogP contribution is 2.39. The van der Waals surface area contributed by atoms with Crippen molar-refractivity contribution in [1.82, 2.24) is 0 Å². The molecule has 3 rings (SSSR count). The number of nitrogens with two attached hydrogens (primary N) is 1. The Labute approximate surface area is 156 Å². The summed E-state index contributed by atoms with van der Waals surface area (Å²) in [6.07, 6.45) is 0.0504. The van der Waals surface area contributed by atoms with E-state index < -0.39 is 5.91 Å². The molecule has 138 valence electrons. The lowest BCUT2D eigenvalue weighted by atomic mass is 10.1. The zero-order valence-electron chi connectivity index (χ0n) is 14.6. The van der Waals surface area contributed by atoms with Crippen molar-refractivity contribution in [3.63, 3.8) is 0 Å². The van der Waals surface area contributed by atoms with Crippen LogP contribution in [0.1, 0.15) is 21.5 Å². The van der Waals surface area contributed by atoms with Crippen molar-refractivity contribution in [2.75, 3.05) is 20.3 Å². The summed E-state index contributed by atoms with van der Waals surface area (Å²) >= 11 is 6.31. The Morgan fingerprint density at radius 3 is 2.54 bits per heavy atom. The van der Waals surface area contributed by atoms with Crippen molar-refractivity contribution in [3.05, 3.63) is 52.0 Å². The van der Waals surface area contributed by atoms with Gasteiger partial charge in [0.15, 0.2) is 0 Å². The Bertz CT molecular complexity index is 803. The summed E-state index contributed by atoms with van der Waals surface area (Å²) in [6.45, 7) is 3.09. The van der Waals surface area contributed by atoms with Crippen LogP contribution in [0.4, 0.5) is 0 Å². The minimum Gasteiger partial charge on any atom is -0.497 e. The standard InChI is InChI=1S/C19H20ClNO5/c1-11-17(26-10-14-9-24-14)15(19(21)22)7-16(20)18(11)25-8-12-3-5-13(23-2)6-4-12/h3-7,14H,8-10H2,1-2H3,(H2,21,22)/t14-/m0/s1. The van der Waals surface area contributed by atoms with Crippen LogP contribution in [0.25, 0.3) is 0 Å². The Hall–Kier alpha value is -2.44. The van der Waals surface area contributed by atoms with Gasteiger partial charge < -0.3 is 24.7 Å². The molecular formula is C19H20ClNO5. The fraction of sp³-hybridized carbons (Fsp3) is 0.316. The van der Waals surface area contributed by atoms with E-state index in [0.717, 1.165) is 11.3 Å². The molecule has 2 aromatic rings. The Kier molecular flexibility index (Phi) is 5.54. The summed E-state index contributed by atoms with van der Waals surface area (Å²) in [7, 11) is 1.61. The van der Waals surface area contributed by atoms with E-state index in [1.165, 1.54) is 6.07 Å². The largest absolute Gasteiger partial charge is 0.497 e.